The Kier molecular flexibility index (Phi) is 21.5. The fourth-order valence-electron chi connectivity index (χ4n) is 11.7. The lowest BCUT2D eigenvalue weighted by Crippen LogP contribution is -2.29. The first-order valence-corrected chi connectivity index (χ1v) is 35.4. The van der Waals surface area contributed by atoms with E-state index in [1.54, 1.807) is 24.2 Å². The van der Waals surface area contributed by atoms with E-state index in [0.29, 0.717) is 82.9 Å². The summed E-state index contributed by atoms with van der Waals surface area (Å²) < 4.78 is 127. The van der Waals surface area contributed by atoms with Crippen molar-refractivity contribution in [3.05, 3.63) is 193 Å². The normalized spacial score (nSPS) is 17.1. The van der Waals surface area contributed by atoms with Gasteiger partial charge in [-0.3, -0.25) is 27.6 Å². The lowest BCUT2D eigenvalue weighted by Gasteiger charge is -2.22. The Hall–Kier alpha value is -7.59. The molecule has 0 unspecified atom stereocenters. The topological polar surface area (TPSA) is 170 Å². The van der Waals surface area contributed by atoms with Crippen molar-refractivity contribution < 1.29 is 53.9 Å². The summed E-state index contributed by atoms with van der Waals surface area (Å²) >= 11 is 26.5. The molecular weight excluding hydrogens is 1500 g/mol. The van der Waals surface area contributed by atoms with Gasteiger partial charge in [0.25, 0.3) is 17.7 Å². The van der Waals surface area contributed by atoms with Gasteiger partial charge in [-0.15, -0.1) is 34.0 Å². The molecule has 18 nitrogen and oxygen atoms in total. The van der Waals surface area contributed by atoms with Crippen LogP contribution in [0, 0.1) is 0 Å². The van der Waals surface area contributed by atoms with Crippen LogP contribution in [0.1, 0.15) is 100 Å². The number of halogens is 13. The number of aromatic nitrogens is 9. The van der Waals surface area contributed by atoms with E-state index in [9.17, 15) is 53.9 Å². The van der Waals surface area contributed by atoms with Crippen LogP contribution in [-0.4, -0.2) is 178 Å². The number of fused-ring (bicyclic) bond motifs is 3. The molecule has 0 bridgehead atoms. The maximum atomic E-state index is 13.9. The van der Waals surface area contributed by atoms with Crippen LogP contribution in [0.3, 0.4) is 0 Å². The van der Waals surface area contributed by atoms with E-state index < -0.39 is 58.6 Å². The number of likely N-dealkylation sites (N-methyl/N-ethyl adjacent to an activating group) is 2. The van der Waals surface area contributed by atoms with Crippen molar-refractivity contribution in [1.29, 1.82) is 0 Å². The Bertz CT molecular complexity index is 4810. The van der Waals surface area contributed by atoms with Gasteiger partial charge >= 0.3 is 18.5 Å². The summed E-state index contributed by atoms with van der Waals surface area (Å²) in [5, 5.41) is 10.6. The third-order valence-electron chi connectivity index (χ3n) is 17.1. The van der Waals surface area contributed by atoms with E-state index in [1.165, 1.54) is 89.1 Å². The van der Waals surface area contributed by atoms with E-state index in [1.807, 2.05) is 53.6 Å². The van der Waals surface area contributed by atoms with Gasteiger partial charge in [-0.25, -0.2) is 29.9 Å². The number of nitrogens with zero attached hydrogens (tertiary/aromatic N) is 14. The molecule has 0 saturated carbocycles. The minimum atomic E-state index is -4.65. The summed E-state index contributed by atoms with van der Waals surface area (Å²) in [5.74, 6) is -1.56. The van der Waals surface area contributed by atoms with E-state index in [2.05, 4.69) is 81.0 Å². The highest BCUT2D eigenvalue weighted by atomic mass is 79.9. The molecule has 6 aliphatic rings. The van der Waals surface area contributed by atoms with Gasteiger partial charge in [-0.1, -0.05) is 76.8 Å². The van der Waals surface area contributed by atoms with Crippen LogP contribution in [0.25, 0.3) is 44.8 Å². The van der Waals surface area contributed by atoms with Gasteiger partial charge < -0.3 is 29.8 Å². The van der Waals surface area contributed by atoms with Gasteiger partial charge in [0.15, 0.2) is 34.0 Å². The number of amides is 3. The van der Waals surface area contributed by atoms with Crippen molar-refractivity contribution >= 4 is 147 Å². The zero-order chi connectivity index (χ0) is 71.1. The van der Waals surface area contributed by atoms with Gasteiger partial charge in [0.1, 0.15) is 30.5 Å². The first-order valence-electron chi connectivity index (χ1n) is 30.9. The molecule has 0 spiro atoms. The highest BCUT2D eigenvalue weighted by Gasteiger charge is 2.41. The number of hydrogen-bond donors (Lipinski definition) is 1. The van der Waals surface area contributed by atoms with Crippen LogP contribution < -0.4 is 5.32 Å². The van der Waals surface area contributed by atoms with Crippen LogP contribution in [0.15, 0.2) is 118 Å². The Labute approximate surface area is 600 Å². The number of rotatable bonds is 8. The van der Waals surface area contributed by atoms with Gasteiger partial charge in [-0.05, 0) is 103 Å². The summed E-state index contributed by atoms with van der Waals surface area (Å²) in [7, 11) is 4.11. The Morgan fingerprint density at radius 3 is 1.19 bits per heavy atom. The van der Waals surface area contributed by atoms with Crippen LogP contribution in [-0.2, 0) is 18.5 Å². The molecule has 0 aromatic carbocycles. The largest absolute Gasteiger partial charge is 0.420 e. The molecule has 0 saturated heterocycles. The quantitative estimate of drug-likeness (QED) is 0.113. The lowest BCUT2D eigenvalue weighted by molar-refractivity contribution is -0.137. The molecule has 3 amide bonds. The lowest BCUT2D eigenvalue weighted by atomic mass is 9.99. The molecule has 524 valence electrons. The van der Waals surface area contributed by atoms with Crippen LogP contribution in [0.4, 0.5) is 39.5 Å². The fourth-order valence-corrected chi connectivity index (χ4v) is 14.9. The minimum absolute atomic E-state index is 0.126. The number of imidazole rings is 3. The average molecular weight is 1560 g/mol. The van der Waals surface area contributed by atoms with Gasteiger partial charge in [0.05, 0.1) is 16.7 Å². The molecule has 6 aliphatic heterocycles. The number of nitrogens with one attached hydrogen (secondary N) is 1. The van der Waals surface area contributed by atoms with Crippen molar-refractivity contribution in [1.82, 2.24) is 72.9 Å². The Morgan fingerprint density at radius 1 is 0.490 bits per heavy atom. The first-order chi connectivity index (χ1) is 47.6. The number of carbonyl (C=O) groups excluding carboxylic acids is 3. The Morgan fingerprint density at radius 2 is 0.860 bits per heavy atom. The van der Waals surface area contributed by atoms with Crippen LogP contribution >= 0.6 is 84.7 Å². The standard InChI is InChI=1S/C22H19ClF3N5OS.C21H17ClF3N5OS.C16H9BrClF3N4OS.C7H13N/c1-29-6-2-13(3-7-29)15-10-16(22(24,25)26)19-28-17(18(23)31(19)12-15)21(32)30-8-4-14(11-30)20-27-5-9-33-20;22-17-16(20(31)29-7-3-13(10-29)19-27-6-8-32-19)28-18-15(21(23,24)25)9-14(11-30(17)18)12-1-4-26-5-2-12;17-9-5-10(16(19,20)21)13-23-11(12(18)25(13)7-9)15(26)24-3-1-8(6-24)14-22-2-4-27-14;1-7-3-5-8(2)6-4-7/h2,4-5,9-10,12H,3,6-8,11H2,1H3;1,3,6,8-9,11,26H,2,4-5,7,10H2;1-2,4-5,7H,3,6H2;3H,4-6H2,1-2H3. The van der Waals surface area contributed by atoms with Crippen LogP contribution in [0.5, 0.6) is 0 Å². The summed E-state index contributed by atoms with van der Waals surface area (Å²) in [5.41, 5.74) is 2.11. The van der Waals surface area contributed by atoms with E-state index in [-0.39, 0.29) is 48.3 Å². The third-order valence-corrected chi connectivity index (χ3v) is 21.1. The van der Waals surface area contributed by atoms with E-state index in [4.69, 9.17) is 34.8 Å². The second-order valence-corrected chi connectivity index (χ2v) is 28.6. The molecule has 15 rings (SSSR count). The average Bonchev–Trinajstić information content (AvgIpc) is 1.60. The predicted octanol–water partition coefficient (Wildman–Crippen LogP) is 15.1. The maximum absolute atomic E-state index is 13.9. The van der Waals surface area contributed by atoms with E-state index >= 15 is 0 Å². The molecule has 0 aliphatic carbocycles. The zero-order valence-electron chi connectivity index (χ0n) is 53.1. The number of hydrogen-bond acceptors (Lipinski definition) is 15. The minimum Gasteiger partial charge on any atom is -0.329 e. The zero-order valence-corrected chi connectivity index (χ0v) is 59.4. The maximum Gasteiger partial charge on any atom is 0.420 e. The van der Waals surface area contributed by atoms with Crippen molar-refractivity contribution in [2.75, 3.05) is 92.6 Å². The number of thiazole rings is 3. The second kappa shape index (κ2) is 29.8. The number of pyridine rings is 3. The van der Waals surface area contributed by atoms with Crippen molar-refractivity contribution in [3.8, 4) is 0 Å². The highest BCUT2D eigenvalue weighted by Crippen LogP contribution is 2.41. The molecule has 34 heteroatoms. The molecule has 9 aromatic heterocycles. The summed E-state index contributed by atoms with van der Waals surface area (Å²) in [6.45, 7) is 9.08. The van der Waals surface area contributed by atoms with E-state index in [0.717, 1.165) is 78.6 Å². The first kappa shape index (κ1) is 72.2. The summed E-state index contributed by atoms with van der Waals surface area (Å²) in [6, 6.07) is 3.09. The monoisotopic (exact) mass is 1560 g/mol. The highest BCUT2D eigenvalue weighted by molar-refractivity contribution is 9.10. The molecule has 9 aromatic rings. The van der Waals surface area contributed by atoms with Crippen molar-refractivity contribution in [2.45, 2.75) is 44.7 Å². The van der Waals surface area contributed by atoms with Crippen molar-refractivity contribution in [2.24, 2.45) is 0 Å². The van der Waals surface area contributed by atoms with Gasteiger partial charge in [0.2, 0.25) is 0 Å². The molecule has 100 heavy (non-hydrogen) atoms. The molecule has 0 atom stereocenters. The van der Waals surface area contributed by atoms with Gasteiger partial charge in [0, 0.05) is 147 Å². The number of alkyl halides is 9. The molecular formula is C66H58BrCl3F9N15O3S3. The SMILES string of the molecule is CC1=CCN(C)CC1.CN1CC=C(c2cc(C(F)(F)F)c3nc(C(=O)N4CC=C(c5nccs5)C4)c(Cl)n3c2)CC1.O=C(c1nc2c(C(F)(F)F)cc(Br)cn2c1Cl)N1CC=C(c2nccs2)C1.O=C(c1nc2c(C(F)(F)F)cc(C3=CCNCC3)cn2c1Cl)N1CC=C(c2nccs2)C1. The summed E-state index contributed by atoms with van der Waals surface area (Å²) in [6.07, 6.45) is 9.68. The molecule has 0 radical (unpaired) electrons. The Balaban J connectivity index is 0.000000135. The predicted molar refractivity (Wildman–Crippen MR) is 373 cm³/mol. The molecule has 0 fully saturated rings. The molecule has 15 heterocycles. The van der Waals surface area contributed by atoms with Crippen LogP contribution in [0.2, 0.25) is 15.5 Å². The van der Waals surface area contributed by atoms with Crippen molar-refractivity contribution in [3.63, 3.8) is 0 Å². The summed E-state index contributed by atoms with van der Waals surface area (Å²) in [4.78, 5) is 72.7. The van der Waals surface area contributed by atoms with Gasteiger partial charge in [-0.2, -0.15) is 39.5 Å². The number of carbonyl (C=O) groups is 3. The molecule has 1 N–H and O–H groups in total. The second-order valence-electron chi connectivity index (χ2n) is 23.9. The fraction of sp³-hybridized carbons (Fsp3) is 0.318. The third kappa shape index (κ3) is 15.7. The smallest absolute Gasteiger partial charge is 0.329 e.